The molecular formula is C12H8ClNO4. The van der Waals surface area contributed by atoms with Crippen LogP contribution in [0.5, 0.6) is 5.75 Å². The number of ether oxygens (including phenoxy) is 1. The van der Waals surface area contributed by atoms with Gasteiger partial charge in [-0.3, -0.25) is 4.79 Å². The number of carboxylic acids is 1. The molecule has 2 aromatic rings. The number of hydrogen-bond donors (Lipinski definition) is 1. The predicted molar refractivity (Wildman–Crippen MR) is 68.4 cm³/mol. The second kappa shape index (κ2) is 4.19. The van der Waals surface area contributed by atoms with Gasteiger partial charge in [0.05, 0.1) is 10.9 Å². The molecule has 92 valence electrons. The number of halogens is 1. The molecule has 0 atom stereocenters. The minimum atomic E-state index is -1.23. The lowest BCUT2D eigenvalue weighted by Gasteiger charge is -2.15. The molecule has 0 saturated carbocycles. The molecule has 1 aromatic carbocycles. The average Bonchev–Trinajstić information content (AvgIpc) is 2.33. The van der Waals surface area contributed by atoms with Crippen LogP contribution < -0.4 is 10.2 Å². The van der Waals surface area contributed by atoms with E-state index in [1.54, 1.807) is 29.0 Å². The van der Waals surface area contributed by atoms with E-state index in [0.717, 1.165) is 0 Å². The van der Waals surface area contributed by atoms with Gasteiger partial charge in [0.25, 0.3) is 0 Å². The molecule has 0 unspecified atom stereocenters. The first-order chi connectivity index (χ1) is 8.18. The molecule has 0 fully saturated rings. The maximum Gasteiger partial charge on any atom is 0.341 e. The largest absolute Gasteiger partial charge is 0.477 e. The van der Waals surface area contributed by atoms with Gasteiger partial charge >= 0.3 is 5.97 Å². The smallest absolute Gasteiger partial charge is 0.341 e. The molecule has 1 aliphatic heterocycles. The standard InChI is InChI=1S/C12H7NO4.ClH/c14-11-7-2-1-3-9-10(7)13(4-5-17-9)6-8(11)12(15)16;/h1-6H,(H,15,16);1H. The first kappa shape index (κ1) is 12.2. The van der Waals surface area contributed by atoms with E-state index in [-0.39, 0.29) is 18.0 Å². The van der Waals surface area contributed by atoms with E-state index >= 15 is 0 Å². The zero-order chi connectivity index (χ0) is 12.0. The summed E-state index contributed by atoms with van der Waals surface area (Å²) in [6.07, 6.45) is 4.31. The molecule has 5 nitrogen and oxygen atoms in total. The number of carboxylic acid groups (broad SMARTS) is 1. The monoisotopic (exact) mass is 265 g/mol. The van der Waals surface area contributed by atoms with Crippen LogP contribution in [0.25, 0.3) is 17.1 Å². The van der Waals surface area contributed by atoms with Crippen LogP contribution in [0.1, 0.15) is 10.4 Å². The van der Waals surface area contributed by atoms with Crippen molar-refractivity contribution in [1.29, 1.82) is 0 Å². The molecule has 6 heteroatoms. The van der Waals surface area contributed by atoms with E-state index in [1.165, 1.54) is 12.5 Å². The first-order valence-electron chi connectivity index (χ1n) is 4.93. The van der Waals surface area contributed by atoms with E-state index in [0.29, 0.717) is 16.7 Å². The topological polar surface area (TPSA) is 68.5 Å². The van der Waals surface area contributed by atoms with Crippen molar-refractivity contribution in [3.8, 4) is 5.75 Å². The summed E-state index contributed by atoms with van der Waals surface area (Å²) in [5, 5.41) is 9.30. The van der Waals surface area contributed by atoms with E-state index in [1.807, 2.05) is 0 Å². The summed E-state index contributed by atoms with van der Waals surface area (Å²) in [5.41, 5.74) is -0.157. The van der Waals surface area contributed by atoms with Gasteiger partial charge in [-0.15, -0.1) is 12.4 Å². The lowest BCUT2D eigenvalue weighted by Crippen LogP contribution is -2.18. The Morgan fingerprint density at radius 2 is 2.11 bits per heavy atom. The molecule has 0 radical (unpaired) electrons. The number of para-hydroxylation sites is 1. The summed E-state index contributed by atoms with van der Waals surface area (Å²) in [4.78, 5) is 22.9. The fraction of sp³-hybridized carbons (Fsp3) is 0. The number of aromatic carboxylic acids is 1. The van der Waals surface area contributed by atoms with Gasteiger partial charge in [-0.25, -0.2) is 4.79 Å². The summed E-state index contributed by atoms with van der Waals surface area (Å²) in [5.74, 6) is -0.690. The highest BCUT2D eigenvalue weighted by atomic mass is 35.5. The van der Waals surface area contributed by atoms with Crippen molar-refractivity contribution >= 4 is 35.5 Å². The van der Waals surface area contributed by atoms with Crippen LogP contribution >= 0.6 is 12.4 Å². The SMILES string of the molecule is Cl.O=C(O)c1cn2c3c(cccc3c1=O)OC=C2. The Hall–Kier alpha value is -2.27. The maximum absolute atomic E-state index is 11.9. The van der Waals surface area contributed by atoms with Crippen molar-refractivity contribution in [2.75, 3.05) is 0 Å². The van der Waals surface area contributed by atoms with Crippen LogP contribution in [0.2, 0.25) is 0 Å². The predicted octanol–water partition coefficient (Wildman–Crippen LogP) is 1.94. The Morgan fingerprint density at radius 3 is 2.83 bits per heavy atom. The van der Waals surface area contributed by atoms with Crippen molar-refractivity contribution in [2.45, 2.75) is 0 Å². The molecule has 1 aromatic heterocycles. The Morgan fingerprint density at radius 1 is 1.33 bits per heavy atom. The van der Waals surface area contributed by atoms with Crippen LogP contribution in [-0.4, -0.2) is 15.6 Å². The van der Waals surface area contributed by atoms with Gasteiger partial charge in [-0.05, 0) is 12.1 Å². The normalized spacial score (nSPS) is 11.8. The van der Waals surface area contributed by atoms with Gasteiger partial charge in [-0.2, -0.15) is 0 Å². The third kappa shape index (κ3) is 1.56. The van der Waals surface area contributed by atoms with Gasteiger partial charge < -0.3 is 14.4 Å². The number of hydrogen-bond acceptors (Lipinski definition) is 3. The molecular weight excluding hydrogens is 258 g/mol. The minimum Gasteiger partial charge on any atom is -0.477 e. The van der Waals surface area contributed by atoms with Crippen LogP contribution in [0, 0.1) is 0 Å². The molecule has 1 N–H and O–H groups in total. The number of rotatable bonds is 1. The van der Waals surface area contributed by atoms with Crippen LogP contribution in [0.3, 0.4) is 0 Å². The number of nitrogens with zero attached hydrogens (tertiary/aromatic N) is 1. The lowest BCUT2D eigenvalue weighted by molar-refractivity contribution is 0.0695. The average molecular weight is 266 g/mol. The van der Waals surface area contributed by atoms with E-state index in [9.17, 15) is 9.59 Å². The molecule has 0 aliphatic carbocycles. The second-order valence-electron chi connectivity index (χ2n) is 3.64. The maximum atomic E-state index is 11.9. The molecule has 18 heavy (non-hydrogen) atoms. The van der Waals surface area contributed by atoms with E-state index in [2.05, 4.69) is 0 Å². The highest BCUT2D eigenvalue weighted by Crippen LogP contribution is 2.27. The molecule has 2 heterocycles. The Balaban J connectivity index is 0.00000120. The Bertz CT molecular complexity index is 733. The number of benzene rings is 1. The summed E-state index contributed by atoms with van der Waals surface area (Å²) >= 11 is 0. The number of carbonyl (C=O) groups is 1. The molecule has 0 saturated heterocycles. The third-order valence-electron chi connectivity index (χ3n) is 2.66. The number of aromatic nitrogens is 1. The van der Waals surface area contributed by atoms with E-state index < -0.39 is 11.4 Å². The van der Waals surface area contributed by atoms with Gasteiger partial charge in [-0.1, -0.05) is 6.07 Å². The zero-order valence-electron chi connectivity index (χ0n) is 8.99. The fourth-order valence-electron chi connectivity index (χ4n) is 1.91. The summed E-state index contributed by atoms with van der Waals surface area (Å²) < 4.78 is 6.85. The molecule has 1 aliphatic rings. The molecule has 0 spiro atoms. The Kier molecular flexibility index (Phi) is 2.84. The zero-order valence-corrected chi connectivity index (χ0v) is 9.81. The van der Waals surface area contributed by atoms with E-state index in [4.69, 9.17) is 9.84 Å². The minimum absolute atomic E-state index is 0. The van der Waals surface area contributed by atoms with Crippen molar-refractivity contribution < 1.29 is 14.6 Å². The number of pyridine rings is 1. The van der Waals surface area contributed by atoms with Gasteiger partial charge in [0.1, 0.15) is 11.8 Å². The van der Waals surface area contributed by atoms with Crippen LogP contribution in [0.15, 0.2) is 35.5 Å². The van der Waals surface area contributed by atoms with Gasteiger partial charge in [0.2, 0.25) is 5.43 Å². The van der Waals surface area contributed by atoms with Crippen LogP contribution in [0.4, 0.5) is 0 Å². The lowest BCUT2D eigenvalue weighted by atomic mass is 10.1. The summed E-state index contributed by atoms with van der Waals surface area (Å²) in [7, 11) is 0. The van der Waals surface area contributed by atoms with Crippen molar-refractivity contribution in [3.05, 3.63) is 46.4 Å². The highest BCUT2D eigenvalue weighted by molar-refractivity contribution is 5.95. The van der Waals surface area contributed by atoms with Crippen molar-refractivity contribution in [2.24, 2.45) is 0 Å². The quantitative estimate of drug-likeness (QED) is 0.856. The van der Waals surface area contributed by atoms with Crippen molar-refractivity contribution in [3.63, 3.8) is 0 Å². The summed E-state index contributed by atoms with van der Waals surface area (Å²) in [6.45, 7) is 0. The first-order valence-corrected chi connectivity index (χ1v) is 4.93. The van der Waals surface area contributed by atoms with Gasteiger partial charge in [0.15, 0.2) is 5.75 Å². The fourth-order valence-corrected chi connectivity index (χ4v) is 1.91. The molecule has 3 rings (SSSR count). The Labute approximate surface area is 107 Å². The van der Waals surface area contributed by atoms with Crippen LogP contribution in [-0.2, 0) is 0 Å². The van der Waals surface area contributed by atoms with Gasteiger partial charge in [0, 0.05) is 12.4 Å². The molecule has 0 amide bonds. The highest BCUT2D eigenvalue weighted by Gasteiger charge is 2.17. The van der Waals surface area contributed by atoms with Crippen molar-refractivity contribution in [1.82, 2.24) is 4.57 Å². The second-order valence-corrected chi connectivity index (χ2v) is 3.64. The third-order valence-corrected chi connectivity index (χ3v) is 2.66. The molecule has 0 bridgehead atoms. The summed E-state index contributed by atoms with van der Waals surface area (Å²) in [6, 6.07) is 4.98.